The minimum Gasteiger partial charge on any atom is -0.328 e. The zero-order valence-corrected chi connectivity index (χ0v) is 7.18. The molecule has 0 aromatic rings. The van der Waals surface area contributed by atoms with Crippen molar-refractivity contribution in [2.45, 2.75) is 45.1 Å². The van der Waals surface area contributed by atoms with Crippen LogP contribution in [-0.2, 0) is 4.79 Å². The Morgan fingerprint density at radius 3 is 2.55 bits per heavy atom. The molecule has 2 heteroatoms. The molecular formula is C9H17NO. The molecule has 0 aromatic carbocycles. The first-order valence-corrected chi connectivity index (χ1v) is 4.48. The maximum atomic E-state index is 11.4. The van der Waals surface area contributed by atoms with Crippen molar-refractivity contribution in [3.63, 3.8) is 0 Å². The van der Waals surface area contributed by atoms with Gasteiger partial charge < -0.3 is 5.73 Å². The van der Waals surface area contributed by atoms with Crippen molar-refractivity contribution >= 4 is 5.78 Å². The summed E-state index contributed by atoms with van der Waals surface area (Å²) in [6.45, 7) is 1.90. The molecule has 0 radical (unpaired) electrons. The number of hydrogen-bond acceptors (Lipinski definition) is 2. The largest absolute Gasteiger partial charge is 0.328 e. The lowest BCUT2D eigenvalue weighted by Gasteiger charge is -2.09. The summed E-state index contributed by atoms with van der Waals surface area (Å²) in [5.41, 5.74) is 5.54. The lowest BCUT2D eigenvalue weighted by atomic mass is 9.98. The predicted octanol–water partition coefficient (Wildman–Crippen LogP) is 1.48. The number of hydrogen-bond donors (Lipinski definition) is 1. The highest BCUT2D eigenvalue weighted by molar-refractivity contribution is 5.81. The molecule has 0 saturated heterocycles. The van der Waals surface area contributed by atoms with Crippen molar-refractivity contribution in [3.8, 4) is 0 Å². The molecule has 0 heterocycles. The van der Waals surface area contributed by atoms with E-state index in [0.29, 0.717) is 18.1 Å². The van der Waals surface area contributed by atoms with E-state index in [2.05, 4.69) is 0 Å². The summed E-state index contributed by atoms with van der Waals surface area (Å²) in [4.78, 5) is 11.4. The van der Waals surface area contributed by atoms with Gasteiger partial charge in [0.1, 0.15) is 5.78 Å². The third-order valence-electron chi connectivity index (χ3n) is 2.33. The fourth-order valence-electron chi connectivity index (χ4n) is 1.73. The third-order valence-corrected chi connectivity index (χ3v) is 2.33. The summed E-state index contributed by atoms with van der Waals surface area (Å²) in [5.74, 6) is 0.735. The van der Waals surface area contributed by atoms with E-state index >= 15 is 0 Å². The normalized spacial score (nSPS) is 22.0. The number of carbonyl (C=O) groups excluding carboxylic acids is 1. The van der Waals surface area contributed by atoms with E-state index < -0.39 is 0 Å². The van der Waals surface area contributed by atoms with Crippen LogP contribution in [0.15, 0.2) is 0 Å². The summed E-state index contributed by atoms with van der Waals surface area (Å²) in [7, 11) is 0. The van der Waals surface area contributed by atoms with Crippen LogP contribution in [0.4, 0.5) is 0 Å². The van der Waals surface area contributed by atoms with Gasteiger partial charge in [-0.1, -0.05) is 12.8 Å². The van der Waals surface area contributed by atoms with Gasteiger partial charge in [0.05, 0.1) is 0 Å². The Balaban J connectivity index is 2.28. The second-order valence-corrected chi connectivity index (χ2v) is 3.63. The molecule has 2 N–H and O–H groups in total. The SMILES string of the molecule is C[C@@H](N)CC(=O)C1CCCC1. The molecule has 0 amide bonds. The van der Waals surface area contributed by atoms with E-state index in [1.807, 2.05) is 6.92 Å². The van der Waals surface area contributed by atoms with Crippen LogP contribution in [0.25, 0.3) is 0 Å². The van der Waals surface area contributed by atoms with Gasteiger partial charge >= 0.3 is 0 Å². The zero-order valence-electron chi connectivity index (χ0n) is 7.18. The zero-order chi connectivity index (χ0) is 8.27. The van der Waals surface area contributed by atoms with Gasteiger partial charge in [0.25, 0.3) is 0 Å². The molecule has 1 aliphatic carbocycles. The Kier molecular flexibility index (Phi) is 3.06. The van der Waals surface area contributed by atoms with E-state index in [9.17, 15) is 4.79 Å². The van der Waals surface area contributed by atoms with E-state index in [4.69, 9.17) is 5.73 Å². The predicted molar refractivity (Wildman–Crippen MR) is 45.2 cm³/mol. The van der Waals surface area contributed by atoms with Crippen LogP contribution < -0.4 is 5.73 Å². The number of carbonyl (C=O) groups is 1. The molecule has 0 aromatic heterocycles. The summed E-state index contributed by atoms with van der Waals surface area (Å²) < 4.78 is 0. The molecule has 0 unspecified atom stereocenters. The molecule has 2 nitrogen and oxygen atoms in total. The van der Waals surface area contributed by atoms with Gasteiger partial charge in [-0.3, -0.25) is 4.79 Å². The first-order chi connectivity index (χ1) is 5.20. The van der Waals surface area contributed by atoms with Crippen molar-refractivity contribution in [2.24, 2.45) is 11.7 Å². The Morgan fingerprint density at radius 1 is 1.55 bits per heavy atom. The second-order valence-electron chi connectivity index (χ2n) is 3.63. The summed E-state index contributed by atoms with van der Waals surface area (Å²) in [5, 5.41) is 0. The van der Waals surface area contributed by atoms with E-state index in [1.165, 1.54) is 12.8 Å². The van der Waals surface area contributed by atoms with Crippen molar-refractivity contribution < 1.29 is 4.79 Å². The minimum atomic E-state index is 0.0445. The molecule has 1 aliphatic rings. The molecule has 64 valence electrons. The van der Waals surface area contributed by atoms with E-state index in [-0.39, 0.29) is 6.04 Å². The standard InChI is InChI=1S/C9H17NO/c1-7(10)6-9(11)8-4-2-3-5-8/h7-8H,2-6,10H2,1H3/t7-/m1/s1. The average molecular weight is 155 g/mol. The lowest BCUT2D eigenvalue weighted by molar-refractivity contribution is -0.122. The van der Waals surface area contributed by atoms with Crippen molar-refractivity contribution in [3.05, 3.63) is 0 Å². The van der Waals surface area contributed by atoms with Crippen LogP contribution in [0.2, 0.25) is 0 Å². The van der Waals surface area contributed by atoms with Crippen LogP contribution in [0.1, 0.15) is 39.0 Å². The summed E-state index contributed by atoms with van der Waals surface area (Å²) >= 11 is 0. The molecule has 0 spiro atoms. The van der Waals surface area contributed by atoms with Crippen LogP contribution in [0, 0.1) is 5.92 Å². The van der Waals surface area contributed by atoms with Gasteiger partial charge in [-0.2, -0.15) is 0 Å². The molecule has 11 heavy (non-hydrogen) atoms. The van der Waals surface area contributed by atoms with Crippen LogP contribution >= 0.6 is 0 Å². The minimum absolute atomic E-state index is 0.0445. The van der Waals surface area contributed by atoms with Crippen LogP contribution in [-0.4, -0.2) is 11.8 Å². The van der Waals surface area contributed by atoms with Crippen LogP contribution in [0.5, 0.6) is 0 Å². The van der Waals surface area contributed by atoms with Gasteiger partial charge in [0.2, 0.25) is 0 Å². The number of rotatable bonds is 3. The highest BCUT2D eigenvalue weighted by Gasteiger charge is 2.22. The molecule has 0 bridgehead atoms. The Hall–Kier alpha value is -0.370. The number of Topliss-reactive ketones (excluding diaryl/α,β-unsaturated/α-hetero) is 1. The first kappa shape index (κ1) is 8.72. The summed E-state index contributed by atoms with van der Waals surface area (Å²) in [6.07, 6.45) is 5.24. The van der Waals surface area contributed by atoms with Gasteiger partial charge in [-0.25, -0.2) is 0 Å². The van der Waals surface area contributed by atoms with Crippen molar-refractivity contribution in [1.29, 1.82) is 0 Å². The maximum Gasteiger partial charge on any atom is 0.137 e. The Morgan fingerprint density at radius 2 is 2.09 bits per heavy atom. The Bertz CT molecular complexity index is 136. The summed E-state index contributed by atoms with van der Waals surface area (Å²) in [6, 6.07) is 0.0445. The molecule has 0 aliphatic heterocycles. The molecule has 1 saturated carbocycles. The smallest absolute Gasteiger partial charge is 0.137 e. The quantitative estimate of drug-likeness (QED) is 0.671. The van der Waals surface area contributed by atoms with Crippen molar-refractivity contribution in [2.75, 3.05) is 0 Å². The van der Waals surface area contributed by atoms with E-state index in [0.717, 1.165) is 12.8 Å². The fourth-order valence-corrected chi connectivity index (χ4v) is 1.73. The monoisotopic (exact) mass is 155 g/mol. The topological polar surface area (TPSA) is 43.1 Å². The lowest BCUT2D eigenvalue weighted by Crippen LogP contribution is -2.23. The van der Waals surface area contributed by atoms with Gasteiger partial charge in [-0.15, -0.1) is 0 Å². The highest BCUT2D eigenvalue weighted by Crippen LogP contribution is 2.26. The average Bonchev–Trinajstić information content (AvgIpc) is 2.35. The van der Waals surface area contributed by atoms with E-state index in [1.54, 1.807) is 0 Å². The molecule has 1 rings (SSSR count). The Labute approximate surface area is 68.2 Å². The second kappa shape index (κ2) is 3.86. The number of ketones is 1. The van der Waals surface area contributed by atoms with Gasteiger partial charge in [0, 0.05) is 18.4 Å². The van der Waals surface area contributed by atoms with Crippen LogP contribution in [0.3, 0.4) is 0 Å². The highest BCUT2D eigenvalue weighted by atomic mass is 16.1. The number of nitrogens with two attached hydrogens (primary N) is 1. The third kappa shape index (κ3) is 2.62. The molecule has 1 fully saturated rings. The first-order valence-electron chi connectivity index (χ1n) is 4.48. The fraction of sp³-hybridized carbons (Fsp3) is 0.889. The van der Waals surface area contributed by atoms with Gasteiger partial charge in [0.15, 0.2) is 0 Å². The molecule has 1 atom stereocenters. The molecular weight excluding hydrogens is 138 g/mol. The van der Waals surface area contributed by atoms with Crippen molar-refractivity contribution in [1.82, 2.24) is 0 Å². The van der Waals surface area contributed by atoms with Gasteiger partial charge in [-0.05, 0) is 19.8 Å². The maximum absolute atomic E-state index is 11.4.